The maximum Gasteiger partial charge on any atom is 0.310 e. The molecule has 0 spiro atoms. The Morgan fingerprint density at radius 1 is 1.04 bits per heavy atom. The van der Waals surface area contributed by atoms with Crippen LogP contribution >= 0.6 is 0 Å². The van der Waals surface area contributed by atoms with Gasteiger partial charge in [0.15, 0.2) is 0 Å². The molecule has 2 fully saturated rings. The highest BCUT2D eigenvalue weighted by Crippen LogP contribution is 2.32. The van der Waals surface area contributed by atoms with E-state index in [1.54, 1.807) is 0 Å². The average Bonchev–Trinajstić information content (AvgIpc) is 3.17. The summed E-state index contributed by atoms with van der Waals surface area (Å²) in [6.45, 7) is 7.40. The molecular formula is C22H32N2O4. The van der Waals surface area contributed by atoms with Gasteiger partial charge >= 0.3 is 5.97 Å². The standard InChI is InChI=1S/C22H32N2O4/c1-3-27-19-11-9-17(10-12-19)20-8-6-13-23(20)16-21(25)24-14-5-7-18(15-24)22(26)28-4-2/h9-12,18,20H,3-8,13-16H2,1-2H3/t18-,20-/m0/s1. The highest BCUT2D eigenvalue weighted by molar-refractivity contribution is 5.80. The summed E-state index contributed by atoms with van der Waals surface area (Å²) >= 11 is 0. The van der Waals surface area contributed by atoms with Crippen LogP contribution in [0.15, 0.2) is 24.3 Å². The highest BCUT2D eigenvalue weighted by Gasteiger charge is 2.32. The second-order valence-corrected chi connectivity index (χ2v) is 7.56. The first-order valence-corrected chi connectivity index (χ1v) is 10.5. The van der Waals surface area contributed by atoms with Crippen molar-refractivity contribution in [2.45, 2.75) is 45.6 Å². The third-order valence-electron chi connectivity index (χ3n) is 5.67. The molecule has 2 aliphatic heterocycles. The smallest absolute Gasteiger partial charge is 0.310 e. The van der Waals surface area contributed by atoms with Crippen molar-refractivity contribution in [3.63, 3.8) is 0 Å². The maximum absolute atomic E-state index is 12.9. The lowest BCUT2D eigenvalue weighted by Crippen LogP contribution is -2.46. The number of piperidine rings is 1. The summed E-state index contributed by atoms with van der Waals surface area (Å²) in [7, 11) is 0. The maximum atomic E-state index is 12.9. The van der Waals surface area contributed by atoms with Crippen LogP contribution in [0.4, 0.5) is 0 Å². The van der Waals surface area contributed by atoms with Crippen LogP contribution in [0.1, 0.15) is 51.1 Å². The number of likely N-dealkylation sites (tertiary alicyclic amines) is 2. The third-order valence-corrected chi connectivity index (χ3v) is 5.67. The van der Waals surface area contributed by atoms with Crippen molar-refractivity contribution in [2.75, 3.05) is 39.4 Å². The fourth-order valence-corrected chi connectivity index (χ4v) is 4.28. The topological polar surface area (TPSA) is 59.1 Å². The quantitative estimate of drug-likeness (QED) is 0.672. The van der Waals surface area contributed by atoms with Gasteiger partial charge in [-0.3, -0.25) is 14.5 Å². The molecule has 3 rings (SSSR count). The number of amides is 1. The molecule has 0 radical (unpaired) electrons. The molecule has 2 saturated heterocycles. The van der Waals surface area contributed by atoms with Gasteiger partial charge in [0, 0.05) is 19.1 Å². The first kappa shape index (κ1) is 20.6. The molecule has 6 nitrogen and oxygen atoms in total. The van der Waals surface area contributed by atoms with Gasteiger partial charge < -0.3 is 14.4 Å². The predicted molar refractivity (Wildman–Crippen MR) is 107 cm³/mol. The fraction of sp³-hybridized carbons (Fsp3) is 0.636. The minimum absolute atomic E-state index is 0.117. The molecule has 1 amide bonds. The molecule has 0 unspecified atom stereocenters. The van der Waals surface area contributed by atoms with Crippen molar-refractivity contribution < 1.29 is 19.1 Å². The van der Waals surface area contributed by atoms with Gasteiger partial charge in [-0.1, -0.05) is 12.1 Å². The van der Waals surface area contributed by atoms with E-state index in [0.717, 1.165) is 44.5 Å². The van der Waals surface area contributed by atoms with Crippen LogP contribution in [0.3, 0.4) is 0 Å². The van der Waals surface area contributed by atoms with E-state index in [4.69, 9.17) is 9.47 Å². The van der Waals surface area contributed by atoms with Crippen LogP contribution in [-0.4, -0.2) is 61.1 Å². The van der Waals surface area contributed by atoms with Crippen molar-refractivity contribution in [2.24, 2.45) is 5.92 Å². The number of carbonyl (C=O) groups excluding carboxylic acids is 2. The van der Waals surface area contributed by atoms with Crippen LogP contribution in [0, 0.1) is 5.92 Å². The molecule has 28 heavy (non-hydrogen) atoms. The Morgan fingerprint density at radius 3 is 2.50 bits per heavy atom. The number of esters is 1. The van der Waals surface area contributed by atoms with Crippen LogP contribution in [-0.2, 0) is 14.3 Å². The zero-order valence-electron chi connectivity index (χ0n) is 17.1. The van der Waals surface area contributed by atoms with Gasteiger partial charge in [-0.25, -0.2) is 0 Å². The number of rotatable bonds is 7. The van der Waals surface area contributed by atoms with Gasteiger partial charge in [0.2, 0.25) is 5.91 Å². The molecule has 0 bridgehead atoms. The van der Waals surface area contributed by atoms with Crippen molar-refractivity contribution >= 4 is 11.9 Å². The van der Waals surface area contributed by atoms with Crippen LogP contribution in [0.5, 0.6) is 5.75 Å². The summed E-state index contributed by atoms with van der Waals surface area (Å²) in [6.07, 6.45) is 3.82. The number of benzene rings is 1. The Hall–Kier alpha value is -2.08. The summed E-state index contributed by atoms with van der Waals surface area (Å²) in [5.74, 6) is 0.642. The Labute approximate surface area is 167 Å². The zero-order chi connectivity index (χ0) is 19.9. The van der Waals surface area contributed by atoms with Crippen molar-refractivity contribution in [1.82, 2.24) is 9.80 Å². The monoisotopic (exact) mass is 388 g/mol. The van der Waals surface area contributed by atoms with E-state index in [1.165, 1.54) is 5.56 Å². The molecule has 0 N–H and O–H groups in total. The molecule has 6 heteroatoms. The van der Waals surface area contributed by atoms with E-state index in [9.17, 15) is 9.59 Å². The van der Waals surface area contributed by atoms with Crippen molar-refractivity contribution in [1.29, 1.82) is 0 Å². The second-order valence-electron chi connectivity index (χ2n) is 7.56. The van der Waals surface area contributed by atoms with E-state index >= 15 is 0 Å². The Balaban J connectivity index is 1.58. The van der Waals surface area contributed by atoms with Crippen LogP contribution in [0.2, 0.25) is 0 Å². The van der Waals surface area contributed by atoms with Gasteiger partial charge in [0.1, 0.15) is 5.75 Å². The molecule has 154 valence electrons. The van der Waals surface area contributed by atoms with Gasteiger partial charge in [0.25, 0.3) is 0 Å². The highest BCUT2D eigenvalue weighted by atomic mass is 16.5. The lowest BCUT2D eigenvalue weighted by molar-refractivity contribution is -0.151. The largest absolute Gasteiger partial charge is 0.494 e. The predicted octanol–water partition coefficient (Wildman–Crippen LogP) is 3.02. The molecule has 2 heterocycles. The number of ether oxygens (including phenoxy) is 2. The Bertz CT molecular complexity index is 661. The second kappa shape index (κ2) is 9.92. The van der Waals surface area contributed by atoms with Gasteiger partial charge in [0.05, 0.1) is 25.7 Å². The molecule has 2 atom stereocenters. The molecule has 0 aromatic heterocycles. The summed E-state index contributed by atoms with van der Waals surface area (Å²) in [5, 5.41) is 0. The van der Waals surface area contributed by atoms with E-state index < -0.39 is 0 Å². The van der Waals surface area contributed by atoms with Crippen molar-refractivity contribution in [3.8, 4) is 5.75 Å². The van der Waals surface area contributed by atoms with E-state index in [0.29, 0.717) is 26.3 Å². The molecular weight excluding hydrogens is 356 g/mol. The van der Waals surface area contributed by atoms with Crippen LogP contribution in [0.25, 0.3) is 0 Å². The van der Waals surface area contributed by atoms with Gasteiger partial charge in [-0.15, -0.1) is 0 Å². The minimum Gasteiger partial charge on any atom is -0.494 e. The third kappa shape index (κ3) is 5.04. The average molecular weight is 389 g/mol. The summed E-state index contributed by atoms with van der Waals surface area (Å²) in [4.78, 5) is 29.1. The molecule has 1 aromatic rings. The first-order chi connectivity index (χ1) is 13.6. The van der Waals surface area contributed by atoms with Crippen molar-refractivity contribution in [3.05, 3.63) is 29.8 Å². The van der Waals surface area contributed by atoms with E-state index in [1.807, 2.05) is 30.9 Å². The first-order valence-electron chi connectivity index (χ1n) is 10.5. The Morgan fingerprint density at radius 2 is 1.79 bits per heavy atom. The lowest BCUT2D eigenvalue weighted by Gasteiger charge is -2.33. The molecule has 1 aromatic carbocycles. The number of hydrogen-bond acceptors (Lipinski definition) is 5. The molecule has 2 aliphatic rings. The SMILES string of the molecule is CCOC(=O)[C@H]1CCCN(C(=O)CN2CCC[C@H]2c2ccc(OCC)cc2)C1. The summed E-state index contributed by atoms with van der Waals surface area (Å²) in [5.41, 5.74) is 1.23. The molecule has 0 aliphatic carbocycles. The van der Waals surface area contributed by atoms with Gasteiger partial charge in [-0.05, 0) is 63.8 Å². The number of carbonyl (C=O) groups is 2. The summed E-state index contributed by atoms with van der Waals surface area (Å²) < 4.78 is 10.7. The Kier molecular flexibility index (Phi) is 7.31. The molecule has 0 saturated carbocycles. The zero-order valence-corrected chi connectivity index (χ0v) is 17.1. The number of nitrogens with zero attached hydrogens (tertiary/aromatic N) is 2. The summed E-state index contributed by atoms with van der Waals surface area (Å²) in [6, 6.07) is 8.49. The van der Waals surface area contributed by atoms with E-state index in [2.05, 4.69) is 17.0 Å². The normalized spacial score (nSPS) is 22.9. The fourth-order valence-electron chi connectivity index (χ4n) is 4.28. The van der Waals surface area contributed by atoms with E-state index in [-0.39, 0.29) is 23.8 Å². The minimum atomic E-state index is -0.182. The van der Waals surface area contributed by atoms with Gasteiger partial charge in [-0.2, -0.15) is 0 Å². The number of hydrogen-bond donors (Lipinski definition) is 0. The lowest BCUT2D eigenvalue weighted by atomic mass is 9.98. The van der Waals surface area contributed by atoms with Crippen LogP contribution < -0.4 is 4.74 Å².